The summed E-state index contributed by atoms with van der Waals surface area (Å²) < 4.78 is 40.4. The Hall–Kier alpha value is -3.66. The van der Waals surface area contributed by atoms with Crippen molar-refractivity contribution in [2.24, 2.45) is 32.5 Å². The Bertz CT molecular complexity index is 2010. The minimum atomic E-state index is -0.743. The SMILES string of the molecule is C.C.CC12C(=O)OC(=O)C1(C)C1CCC2O1.O=C1OC(=O)C23CSCC12C1C=CC3O1.O=C1OC(=O)C23CSCC12C1C=CC3O1.O=C1OC(=O)C2=C1CSC2.S.c1ccoc1. The molecule has 12 unspecified atom stereocenters. The first-order chi connectivity index (χ1) is 28.2. The van der Waals surface area contributed by atoms with Gasteiger partial charge in [0.1, 0.15) is 32.5 Å². The lowest BCUT2D eigenvalue weighted by atomic mass is 9.59. The topological polar surface area (TPSA) is 214 Å². The Kier molecular flexibility index (Phi) is 11.8. The first-order valence-electron chi connectivity index (χ1n) is 19.1. The van der Waals surface area contributed by atoms with Gasteiger partial charge in [-0.3, -0.25) is 28.8 Å². The van der Waals surface area contributed by atoms with Gasteiger partial charge in [0.15, 0.2) is 0 Å². The Morgan fingerprint density at radius 2 is 0.823 bits per heavy atom. The van der Waals surface area contributed by atoms with Gasteiger partial charge in [0.25, 0.3) is 0 Å². The molecule has 16 nitrogen and oxygen atoms in total. The Balaban J connectivity index is 0.000000119. The van der Waals surface area contributed by atoms with Crippen LogP contribution in [0.1, 0.15) is 41.5 Å². The second kappa shape index (κ2) is 15.8. The highest BCUT2D eigenvalue weighted by Gasteiger charge is 2.83. The summed E-state index contributed by atoms with van der Waals surface area (Å²) in [7, 11) is 0. The summed E-state index contributed by atoms with van der Waals surface area (Å²) in [6.45, 7) is 3.59. The Morgan fingerprint density at radius 1 is 0.484 bits per heavy atom. The van der Waals surface area contributed by atoms with Gasteiger partial charge in [-0.15, -0.1) is 0 Å². The number of rotatable bonds is 0. The largest absolute Gasteiger partial charge is 0.473 e. The molecule has 14 heterocycles. The average Bonchev–Trinajstić information content (AvgIpc) is 4.06. The van der Waals surface area contributed by atoms with E-state index in [1.54, 1.807) is 61.7 Å². The van der Waals surface area contributed by atoms with E-state index in [1.165, 1.54) is 0 Å². The third-order valence-corrected chi connectivity index (χ3v) is 18.2. The van der Waals surface area contributed by atoms with Crippen LogP contribution >= 0.6 is 48.8 Å². The zero-order chi connectivity index (χ0) is 41.3. The summed E-state index contributed by atoms with van der Waals surface area (Å²) in [6.07, 6.45) is 11.3. The number of hydrogen-bond acceptors (Lipinski definition) is 19. The van der Waals surface area contributed by atoms with Crippen molar-refractivity contribution in [3.63, 3.8) is 0 Å². The summed E-state index contributed by atoms with van der Waals surface area (Å²) >= 11 is 4.88. The molecule has 0 radical (unpaired) electrons. The smallest absolute Gasteiger partial charge is 0.343 e. The number of thioether (sulfide) groups is 3. The lowest BCUT2D eigenvalue weighted by molar-refractivity contribution is -0.161. The second-order valence-electron chi connectivity index (χ2n) is 16.6. The first-order valence-corrected chi connectivity index (χ1v) is 22.5. The number of hydrogen-bond donors (Lipinski definition) is 0. The molecule has 1 aromatic rings. The highest BCUT2D eigenvalue weighted by molar-refractivity contribution is 8.00. The van der Waals surface area contributed by atoms with Crippen LogP contribution in [0.15, 0.2) is 64.5 Å². The standard InChI is InChI=1S/2C10H8O4S.C10H12O4.C6H4O3S.C4H4O.2CH4.H2S/c2*11-7-9-3-15-4-10(9,8(12)14-7)6-2-1-5(9)13-6;1-9-5-3-4-6(13-5)10(9,2)8(12)14-7(9)11;7-5-3-1-10-2-4(3)6(8)9-5;1-2-4-5-3-1;;;/h2*1-2,5-6H,3-4H2;5-6H,3-4H2,1-2H3;1-2H2;1-4H;2*1H4;1H2. The average molecular weight is 935 g/mol. The van der Waals surface area contributed by atoms with Crippen LogP contribution in [0.4, 0.5) is 0 Å². The van der Waals surface area contributed by atoms with E-state index in [4.69, 9.17) is 28.4 Å². The van der Waals surface area contributed by atoms with Crippen molar-refractivity contribution in [3.05, 3.63) is 60.1 Å². The van der Waals surface area contributed by atoms with E-state index in [2.05, 4.69) is 9.15 Å². The van der Waals surface area contributed by atoms with E-state index in [0.717, 1.165) is 12.8 Å². The lowest BCUT2D eigenvalue weighted by Crippen LogP contribution is -2.50. The van der Waals surface area contributed by atoms with E-state index in [1.807, 2.05) is 36.4 Å². The van der Waals surface area contributed by atoms with Crippen molar-refractivity contribution in [1.29, 1.82) is 0 Å². The third kappa shape index (κ3) is 5.49. The van der Waals surface area contributed by atoms with E-state index >= 15 is 0 Å². The molecule has 0 aliphatic carbocycles. The van der Waals surface area contributed by atoms with Gasteiger partial charge in [0, 0.05) is 34.5 Å². The van der Waals surface area contributed by atoms with Gasteiger partial charge >= 0.3 is 47.8 Å². The fourth-order valence-corrected chi connectivity index (χ4v) is 15.7. The van der Waals surface area contributed by atoms with Crippen LogP contribution in [0.2, 0.25) is 0 Å². The quantitative estimate of drug-likeness (QED) is 0.157. The van der Waals surface area contributed by atoms with Gasteiger partial charge in [0.2, 0.25) is 0 Å². The number of ether oxygens (including phenoxy) is 7. The van der Waals surface area contributed by atoms with E-state index < -0.39 is 56.4 Å². The molecule has 1 aromatic heterocycles. The van der Waals surface area contributed by atoms with Crippen LogP contribution in [0.3, 0.4) is 0 Å². The molecule has 14 rings (SSSR count). The van der Waals surface area contributed by atoms with Crippen molar-refractivity contribution in [2.45, 2.75) is 78.2 Å². The zero-order valence-corrected chi connectivity index (χ0v) is 35.4. The van der Waals surface area contributed by atoms with Crippen LogP contribution in [0.25, 0.3) is 0 Å². The van der Waals surface area contributed by atoms with Crippen molar-refractivity contribution in [2.75, 3.05) is 34.5 Å². The monoisotopic (exact) mass is 934 g/mol. The second-order valence-corrected chi connectivity index (χ2v) is 19.6. The van der Waals surface area contributed by atoms with Crippen LogP contribution in [-0.2, 0) is 71.5 Å². The first kappa shape index (κ1) is 46.3. The molecule has 0 amide bonds. The molecule has 0 aromatic carbocycles. The van der Waals surface area contributed by atoms with Gasteiger partial charge < -0.3 is 37.6 Å². The number of fused-ring (bicyclic) bond motifs is 9. The van der Waals surface area contributed by atoms with Crippen LogP contribution in [-0.4, -0.2) is 119 Å². The number of carbonyl (C=O) groups excluding carboxylic acids is 8. The van der Waals surface area contributed by atoms with Crippen molar-refractivity contribution in [3.8, 4) is 0 Å². The predicted molar refractivity (Wildman–Crippen MR) is 225 cm³/mol. The van der Waals surface area contributed by atoms with Crippen molar-refractivity contribution < 1.29 is 75.9 Å². The molecule has 6 bridgehead atoms. The predicted octanol–water partition coefficient (Wildman–Crippen LogP) is 3.67. The molecule has 12 atom stereocenters. The zero-order valence-electron chi connectivity index (χ0n) is 32.0. The third-order valence-electron chi connectivity index (χ3n) is 14.6. The summed E-state index contributed by atoms with van der Waals surface area (Å²) in [6, 6.07) is 3.67. The molecular weight excluding hydrogens is 889 g/mol. The van der Waals surface area contributed by atoms with Crippen molar-refractivity contribution >= 4 is 96.5 Å². The van der Waals surface area contributed by atoms with E-state index in [0.29, 0.717) is 45.7 Å². The molecule has 13 aliphatic heterocycles. The molecule has 9 fully saturated rings. The number of furan rings is 1. The van der Waals surface area contributed by atoms with Gasteiger partial charge in [-0.05, 0) is 38.8 Å². The molecule has 0 saturated carbocycles. The molecule has 13 aliphatic rings. The minimum absolute atomic E-state index is 0. The molecule has 9 saturated heterocycles. The Labute approximate surface area is 376 Å². The molecule has 0 N–H and O–H groups in total. The summed E-state index contributed by atoms with van der Waals surface area (Å²) in [5.74, 6) is 0.634. The van der Waals surface area contributed by atoms with Crippen molar-refractivity contribution in [1.82, 2.24) is 0 Å². The van der Waals surface area contributed by atoms with Gasteiger partial charge in [-0.25, -0.2) is 9.59 Å². The maximum Gasteiger partial charge on any atom is 0.343 e. The molecule has 334 valence electrons. The normalized spacial score (nSPS) is 43.3. The maximum atomic E-state index is 11.9. The van der Waals surface area contributed by atoms with Crippen LogP contribution < -0.4 is 0 Å². The van der Waals surface area contributed by atoms with Gasteiger partial charge in [-0.2, -0.15) is 48.8 Å². The maximum absolute atomic E-state index is 11.9. The number of esters is 8. The Morgan fingerprint density at radius 3 is 1.15 bits per heavy atom. The summed E-state index contributed by atoms with van der Waals surface area (Å²) in [5, 5.41) is 0. The fraction of sp³-hybridized carbons (Fsp3) is 0.571. The minimum Gasteiger partial charge on any atom is -0.473 e. The lowest BCUT2D eigenvalue weighted by Gasteiger charge is -2.34. The number of carbonyl (C=O) groups is 8. The summed E-state index contributed by atoms with van der Waals surface area (Å²) in [4.78, 5) is 92.4. The highest BCUT2D eigenvalue weighted by atomic mass is 32.2. The molecule has 20 heteroatoms. The fourth-order valence-electron chi connectivity index (χ4n) is 11.0. The highest BCUT2D eigenvalue weighted by Crippen LogP contribution is 2.69. The molecule has 62 heavy (non-hydrogen) atoms. The van der Waals surface area contributed by atoms with E-state index in [-0.39, 0.29) is 88.9 Å². The summed E-state index contributed by atoms with van der Waals surface area (Å²) in [5.41, 5.74) is -3.19. The van der Waals surface area contributed by atoms with Gasteiger partial charge in [-0.1, -0.05) is 39.2 Å². The number of cyclic esters (lactones) is 8. The molecule has 0 spiro atoms. The van der Waals surface area contributed by atoms with Crippen LogP contribution in [0.5, 0.6) is 0 Å². The molecular formula is C42H46O16S4. The van der Waals surface area contributed by atoms with Gasteiger partial charge in [0.05, 0.1) is 60.3 Å². The van der Waals surface area contributed by atoms with E-state index in [9.17, 15) is 38.4 Å². The van der Waals surface area contributed by atoms with Crippen LogP contribution in [0, 0.1) is 32.5 Å².